The van der Waals surface area contributed by atoms with Crippen molar-refractivity contribution in [2.75, 3.05) is 13.7 Å². The Morgan fingerprint density at radius 1 is 1.18 bits per heavy atom. The lowest BCUT2D eigenvalue weighted by molar-refractivity contribution is -0.145. The lowest BCUT2D eigenvalue weighted by atomic mass is 9.91. The first-order valence-electron chi connectivity index (χ1n) is 11.3. The first-order valence-corrected chi connectivity index (χ1v) is 11.3. The molecule has 2 aromatic carbocycles. The molecule has 1 aliphatic rings. The molecule has 9 heteroatoms. The fourth-order valence-corrected chi connectivity index (χ4v) is 4.37. The highest BCUT2D eigenvalue weighted by Gasteiger charge is 2.40. The minimum Gasteiger partial charge on any atom is -0.467 e. The van der Waals surface area contributed by atoms with Crippen molar-refractivity contribution >= 4 is 34.5 Å². The smallest absolute Gasteiger partial charge is 0.328 e. The van der Waals surface area contributed by atoms with E-state index in [1.807, 2.05) is 56.3 Å². The fraction of sp³-hybridized carbons (Fsp3) is 0.440. The van der Waals surface area contributed by atoms with Crippen LogP contribution in [0.5, 0.6) is 0 Å². The molecule has 9 nitrogen and oxygen atoms in total. The van der Waals surface area contributed by atoms with Gasteiger partial charge in [0.1, 0.15) is 6.04 Å². The van der Waals surface area contributed by atoms with E-state index in [2.05, 4.69) is 16.0 Å². The van der Waals surface area contributed by atoms with Crippen LogP contribution in [-0.4, -0.2) is 55.0 Å². The molecule has 182 valence electrons. The van der Waals surface area contributed by atoms with Gasteiger partial charge in [-0.05, 0) is 49.4 Å². The van der Waals surface area contributed by atoms with Crippen LogP contribution < -0.4 is 21.7 Å². The van der Waals surface area contributed by atoms with Crippen LogP contribution in [0.1, 0.15) is 32.3 Å². The molecule has 1 heterocycles. The summed E-state index contributed by atoms with van der Waals surface area (Å²) >= 11 is 0. The largest absolute Gasteiger partial charge is 0.467 e. The summed E-state index contributed by atoms with van der Waals surface area (Å²) in [5, 5.41) is 10.0. The summed E-state index contributed by atoms with van der Waals surface area (Å²) in [4.78, 5) is 49.3. The molecule has 2 aromatic rings. The van der Waals surface area contributed by atoms with Gasteiger partial charge < -0.3 is 26.4 Å². The number of nitrogens with one attached hydrogen (secondary N) is 3. The van der Waals surface area contributed by atoms with E-state index in [0.717, 1.165) is 16.3 Å². The number of fused-ring (bicyclic) bond motifs is 1. The summed E-state index contributed by atoms with van der Waals surface area (Å²) in [7, 11) is 1.22. The van der Waals surface area contributed by atoms with Gasteiger partial charge in [0.15, 0.2) is 0 Å². The lowest BCUT2D eigenvalue weighted by Crippen LogP contribution is -2.49. The molecule has 1 fully saturated rings. The average Bonchev–Trinajstić information content (AvgIpc) is 3.07. The predicted molar refractivity (Wildman–Crippen MR) is 128 cm³/mol. The van der Waals surface area contributed by atoms with E-state index < -0.39 is 35.8 Å². The van der Waals surface area contributed by atoms with Crippen LogP contribution in [0.4, 0.5) is 0 Å². The zero-order valence-corrected chi connectivity index (χ0v) is 19.7. The fourth-order valence-electron chi connectivity index (χ4n) is 4.37. The molecule has 3 atom stereocenters. The molecule has 5 N–H and O–H groups in total. The molecule has 3 unspecified atom stereocenters. The van der Waals surface area contributed by atoms with Crippen molar-refractivity contribution in [1.82, 2.24) is 16.0 Å². The van der Waals surface area contributed by atoms with E-state index >= 15 is 0 Å². The van der Waals surface area contributed by atoms with Crippen LogP contribution in [0.15, 0.2) is 42.5 Å². The molecule has 0 radical (unpaired) electrons. The summed E-state index contributed by atoms with van der Waals surface area (Å²) < 4.78 is 4.78. The number of hydrogen-bond acceptors (Lipinski definition) is 6. The zero-order valence-electron chi connectivity index (χ0n) is 19.7. The summed E-state index contributed by atoms with van der Waals surface area (Å²) in [6, 6.07) is 11.8. The van der Waals surface area contributed by atoms with Gasteiger partial charge in [0.25, 0.3) is 0 Å². The van der Waals surface area contributed by atoms with E-state index in [9.17, 15) is 19.2 Å². The number of hydrogen-bond donors (Lipinski definition) is 4. The Bertz CT molecular complexity index is 1080. The molecule has 1 aliphatic heterocycles. The Kier molecular flexibility index (Phi) is 7.88. The predicted octanol–water partition coefficient (Wildman–Crippen LogP) is 0.788. The van der Waals surface area contributed by atoms with Gasteiger partial charge in [0, 0.05) is 11.5 Å². The highest BCUT2D eigenvalue weighted by atomic mass is 16.5. The molecule has 1 saturated heterocycles. The normalized spacial score (nSPS) is 18.6. The highest BCUT2D eigenvalue weighted by molar-refractivity contribution is 5.91. The van der Waals surface area contributed by atoms with Gasteiger partial charge in [-0.3, -0.25) is 14.4 Å². The first-order chi connectivity index (χ1) is 16.1. The number of benzene rings is 2. The minimum absolute atomic E-state index is 0.113. The number of nitrogens with two attached hydrogens (primary N) is 1. The van der Waals surface area contributed by atoms with Crippen molar-refractivity contribution in [2.24, 2.45) is 11.7 Å². The molecule has 0 aromatic heterocycles. The lowest BCUT2D eigenvalue weighted by Gasteiger charge is -2.20. The SMILES string of the molecule is COC(=O)C(CC1CC(C)(C)NC1=O)NC(=O)CNC(=O)C(N)Cc1cccc2ccccc12. The molecule has 0 bridgehead atoms. The monoisotopic (exact) mass is 468 g/mol. The van der Waals surface area contributed by atoms with Gasteiger partial charge in [0.2, 0.25) is 17.7 Å². The second-order valence-electron chi connectivity index (χ2n) is 9.32. The Balaban J connectivity index is 1.54. The van der Waals surface area contributed by atoms with Crippen molar-refractivity contribution in [3.8, 4) is 0 Å². The summed E-state index contributed by atoms with van der Waals surface area (Å²) in [6.07, 6.45) is 0.962. The third-order valence-corrected chi connectivity index (χ3v) is 6.01. The number of methoxy groups -OCH3 is 1. The van der Waals surface area contributed by atoms with E-state index in [1.165, 1.54) is 7.11 Å². The van der Waals surface area contributed by atoms with Gasteiger partial charge in [0.05, 0.1) is 19.7 Å². The maximum atomic E-state index is 12.5. The van der Waals surface area contributed by atoms with E-state index in [0.29, 0.717) is 12.8 Å². The Hall–Kier alpha value is -3.46. The van der Waals surface area contributed by atoms with E-state index in [4.69, 9.17) is 10.5 Å². The number of carbonyl (C=O) groups is 4. The summed E-state index contributed by atoms with van der Waals surface area (Å²) in [6.45, 7) is 3.44. The minimum atomic E-state index is -0.997. The van der Waals surface area contributed by atoms with Crippen molar-refractivity contribution in [3.05, 3.63) is 48.0 Å². The van der Waals surface area contributed by atoms with Gasteiger partial charge >= 0.3 is 5.97 Å². The van der Waals surface area contributed by atoms with Gasteiger partial charge in [-0.1, -0.05) is 42.5 Å². The Labute approximate surface area is 198 Å². The van der Waals surface area contributed by atoms with Gasteiger partial charge in [-0.15, -0.1) is 0 Å². The van der Waals surface area contributed by atoms with Crippen molar-refractivity contribution in [1.29, 1.82) is 0 Å². The zero-order chi connectivity index (χ0) is 24.9. The maximum absolute atomic E-state index is 12.5. The van der Waals surface area contributed by atoms with E-state index in [-0.39, 0.29) is 24.4 Å². The highest BCUT2D eigenvalue weighted by Crippen LogP contribution is 2.28. The maximum Gasteiger partial charge on any atom is 0.328 e. The van der Waals surface area contributed by atoms with Crippen LogP contribution in [0, 0.1) is 5.92 Å². The van der Waals surface area contributed by atoms with Crippen molar-refractivity contribution < 1.29 is 23.9 Å². The number of esters is 1. The second-order valence-corrected chi connectivity index (χ2v) is 9.32. The number of rotatable bonds is 9. The molecular weight excluding hydrogens is 436 g/mol. The average molecular weight is 469 g/mol. The number of amides is 3. The van der Waals surface area contributed by atoms with Gasteiger partial charge in [-0.25, -0.2) is 4.79 Å². The standard InChI is InChI=1S/C25H32N4O5/c1-25(2)13-17(22(31)29-25)12-20(24(33)34-3)28-21(30)14-27-23(32)19(26)11-16-9-6-8-15-7-4-5-10-18(15)16/h4-10,17,19-20H,11-14,26H2,1-3H3,(H,27,32)(H,28,30)(H,29,31). The molecule has 3 amide bonds. The first kappa shape index (κ1) is 25.2. The Morgan fingerprint density at radius 3 is 2.56 bits per heavy atom. The van der Waals surface area contributed by atoms with Crippen LogP contribution in [0.3, 0.4) is 0 Å². The number of carbonyl (C=O) groups excluding carboxylic acids is 4. The molecule has 0 spiro atoms. The van der Waals surface area contributed by atoms with Crippen molar-refractivity contribution in [3.63, 3.8) is 0 Å². The van der Waals surface area contributed by atoms with Crippen LogP contribution in [-0.2, 0) is 30.3 Å². The number of ether oxygens (including phenoxy) is 1. The second kappa shape index (κ2) is 10.6. The molecule has 0 saturated carbocycles. The molecule has 0 aliphatic carbocycles. The summed E-state index contributed by atoms with van der Waals surface area (Å²) in [5.41, 5.74) is 6.65. The topological polar surface area (TPSA) is 140 Å². The molecular formula is C25H32N4O5. The third kappa shape index (κ3) is 6.32. The Morgan fingerprint density at radius 2 is 1.88 bits per heavy atom. The third-order valence-electron chi connectivity index (χ3n) is 6.01. The molecule has 34 heavy (non-hydrogen) atoms. The van der Waals surface area contributed by atoms with Crippen LogP contribution in [0.2, 0.25) is 0 Å². The van der Waals surface area contributed by atoms with Gasteiger partial charge in [-0.2, -0.15) is 0 Å². The van der Waals surface area contributed by atoms with E-state index in [1.54, 1.807) is 0 Å². The van der Waals surface area contributed by atoms with Crippen LogP contribution >= 0.6 is 0 Å². The van der Waals surface area contributed by atoms with Crippen molar-refractivity contribution in [2.45, 2.75) is 50.7 Å². The quantitative estimate of drug-likeness (QED) is 0.401. The summed E-state index contributed by atoms with van der Waals surface area (Å²) in [5.74, 6) is -2.29. The molecule has 3 rings (SSSR count). The van der Waals surface area contributed by atoms with Crippen LogP contribution in [0.25, 0.3) is 10.8 Å².